The lowest BCUT2D eigenvalue weighted by molar-refractivity contribution is -0.116. The van der Waals surface area contributed by atoms with Crippen LogP contribution in [0.1, 0.15) is 31.7 Å². The second-order valence-electron chi connectivity index (χ2n) is 7.33. The number of halogens is 1. The fraction of sp³-hybridized carbons (Fsp3) is 0.364. The summed E-state index contributed by atoms with van der Waals surface area (Å²) in [7, 11) is -1.69. The number of nitrogens with zero attached hydrogens (tertiary/aromatic N) is 3. The predicted molar refractivity (Wildman–Crippen MR) is 124 cm³/mol. The molecule has 9 heteroatoms. The van der Waals surface area contributed by atoms with Crippen molar-refractivity contribution in [1.82, 2.24) is 13.9 Å². The highest BCUT2D eigenvalue weighted by Gasteiger charge is 2.22. The number of carbonyl (C=O) groups excluding carboxylic acids is 1. The Morgan fingerprint density at radius 2 is 1.87 bits per heavy atom. The Hall–Kier alpha value is -2.42. The molecule has 166 valence electrons. The maximum absolute atomic E-state index is 12.8. The van der Waals surface area contributed by atoms with Crippen LogP contribution in [0.3, 0.4) is 0 Å². The summed E-state index contributed by atoms with van der Waals surface area (Å²) in [4.78, 5) is 17.2. The minimum atomic E-state index is -3.55. The molecule has 0 aliphatic carbocycles. The van der Waals surface area contributed by atoms with Crippen LogP contribution in [0.5, 0.6) is 0 Å². The number of hydrogen-bond acceptors (Lipinski definition) is 4. The molecular formula is C22H27ClN4O3S. The quantitative estimate of drug-likeness (QED) is 0.545. The van der Waals surface area contributed by atoms with E-state index in [0.717, 1.165) is 22.6 Å². The van der Waals surface area contributed by atoms with Crippen molar-refractivity contribution in [2.45, 2.75) is 38.5 Å². The molecule has 3 rings (SSSR count). The van der Waals surface area contributed by atoms with Crippen LogP contribution in [0.2, 0.25) is 5.02 Å². The zero-order valence-corrected chi connectivity index (χ0v) is 19.7. The molecule has 0 aliphatic heterocycles. The highest BCUT2D eigenvalue weighted by Crippen LogP contribution is 2.23. The number of fused-ring (bicyclic) bond motifs is 1. The van der Waals surface area contributed by atoms with E-state index in [0.29, 0.717) is 30.0 Å². The number of hydrogen-bond donors (Lipinski definition) is 1. The Morgan fingerprint density at radius 3 is 2.52 bits per heavy atom. The van der Waals surface area contributed by atoms with Crippen LogP contribution >= 0.6 is 11.6 Å². The molecule has 0 saturated heterocycles. The molecule has 0 aliphatic rings. The van der Waals surface area contributed by atoms with Crippen molar-refractivity contribution in [3.63, 3.8) is 0 Å². The van der Waals surface area contributed by atoms with Crippen molar-refractivity contribution in [2.75, 3.05) is 18.4 Å². The van der Waals surface area contributed by atoms with Gasteiger partial charge in [-0.15, -0.1) is 0 Å². The Morgan fingerprint density at radius 1 is 1.16 bits per heavy atom. The van der Waals surface area contributed by atoms with Gasteiger partial charge in [0.05, 0.1) is 15.9 Å². The smallest absolute Gasteiger partial charge is 0.243 e. The van der Waals surface area contributed by atoms with Crippen LogP contribution in [0, 0.1) is 6.92 Å². The number of aryl methyl sites for hydroxylation is 3. The molecular weight excluding hydrogens is 436 g/mol. The van der Waals surface area contributed by atoms with Gasteiger partial charge in [0, 0.05) is 43.7 Å². The zero-order chi connectivity index (χ0) is 22.8. The summed E-state index contributed by atoms with van der Waals surface area (Å²) in [6.07, 6.45) is 0.686. The topological polar surface area (TPSA) is 84.3 Å². The largest absolute Gasteiger partial charge is 0.331 e. The molecule has 1 amide bonds. The second-order valence-corrected chi connectivity index (χ2v) is 9.71. The van der Waals surface area contributed by atoms with E-state index in [1.165, 1.54) is 4.31 Å². The number of imidazole rings is 1. The van der Waals surface area contributed by atoms with Gasteiger partial charge < -0.3 is 9.88 Å². The van der Waals surface area contributed by atoms with Crippen LogP contribution in [-0.4, -0.2) is 41.3 Å². The summed E-state index contributed by atoms with van der Waals surface area (Å²) >= 11 is 5.96. The first kappa shape index (κ1) is 23.2. The molecule has 0 spiro atoms. The lowest BCUT2D eigenvalue weighted by Crippen LogP contribution is -2.30. The van der Waals surface area contributed by atoms with Crippen molar-refractivity contribution in [1.29, 1.82) is 0 Å². The van der Waals surface area contributed by atoms with E-state index in [-0.39, 0.29) is 17.2 Å². The van der Waals surface area contributed by atoms with Gasteiger partial charge in [-0.05, 0) is 48.9 Å². The normalized spacial score (nSPS) is 11.9. The van der Waals surface area contributed by atoms with E-state index >= 15 is 0 Å². The van der Waals surface area contributed by atoms with E-state index < -0.39 is 10.0 Å². The van der Waals surface area contributed by atoms with Gasteiger partial charge in [-0.2, -0.15) is 4.31 Å². The van der Waals surface area contributed by atoms with E-state index in [9.17, 15) is 13.2 Å². The Bertz CT molecular complexity index is 1220. The Labute approximate surface area is 188 Å². The predicted octanol–water partition coefficient (Wildman–Crippen LogP) is 4.14. The van der Waals surface area contributed by atoms with E-state index in [4.69, 9.17) is 11.6 Å². The third-order valence-electron chi connectivity index (χ3n) is 5.33. The average Bonchev–Trinajstić information content (AvgIpc) is 3.04. The Kier molecular flexibility index (Phi) is 7.03. The number of aromatic nitrogens is 2. The summed E-state index contributed by atoms with van der Waals surface area (Å²) in [5.41, 5.74) is 3.04. The molecule has 31 heavy (non-hydrogen) atoms. The summed E-state index contributed by atoms with van der Waals surface area (Å²) < 4.78 is 28.9. The molecule has 3 aromatic rings. The molecule has 1 heterocycles. The van der Waals surface area contributed by atoms with Crippen LogP contribution in [0.4, 0.5) is 5.69 Å². The van der Waals surface area contributed by atoms with Gasteiger partial charge in [0.25, 0.3) is 0 Å². The molecule has 7 nitrogen and oxygen atoms in total. The standard InChI is InChI=1S/C22H27ClN4O3S/c1-5-27(6-2)31(29,30)17-8-10-20-19(14-17)24-21(26(20)4)11-12-22(28)25-18-9-7-16(23)13-15(18)3/h7-10,13-14H,5-6,11-12H2,1-4H3,(H,25,28). The fourth-order valence-electron chi connectivity index (χ4n) is 3.53. The van der Waals surface area contributed by atoms with Gasteiger partial charge >= 0.3 is 0 Å². The van der Waals surface area contributed by atoms with Gasteiger partial charge in [0.2, 0.25) is 15.9 Å². The summed E-state index contributed by atoms with van der Waals surface area (Å²) in [5.74, 6) is 0.595. The first-order valence-electron chi connectivity index (χ1n) is 10.2. The highest BCUT2D eigenvalue weighted by atomic mass is 35.5. The Balaban J connectivity index is 1.77. The molecule has 0 bridgehead atoms. The van der Waals surface area contributed by atoms with Gasteiger partial charge in [0.1, 0.15) is 5.82 Å². The average molecular weight is 463 g/mol. The van der Waals surface area contributed by atoms with Gasteiger partial charge in [-0.1, -0.05) is 25.4 Å². The number of amides is 1. The molecule has 1 aromatic heterocycles. The second kappa shape index (κ2) is 9.38. The first-order chi connectivity index (χ1) is 14.7. The lowest BCUT2D eigenvalue weighted by Gasteiger charge is -2.18. The number of rotatable bonds is 8. The third-order valence-corrected chi connectivity index (χ3v) is 7.61. The van der Waals surface area contributed by atoms with Gasteiger partial charge in [-0.3, -0.25) is 4.79 Å². The molecule has 0 unspecified atom stereocenters. The summed E-state index contributed by atoms with van der Waals surface area (Å²) in [6, 6.07) is 10.3. The van der Waals surface area contributed by atoms with Gasteiger partial charge in [-0.25, -0.2) is 13.4 Å². The molecule has 0 radical (unpaired) electrons. The van der Waals surface area contributed by atoms with Crippen LogP contribution < -0.4 is 5.32 Å². The monoisotopic (exact) mass is 462 g/mol. The summed E-state index contributed by atoms with van der Waals surface area (Å²) in [5, 5.41) is 3.52. The number of carbonyl (C=O) groups is 1. The van der Waals surface area contributed by atoms with E-state index in [1.807, 2.05) is 32.4 Å². The lowest BCUT2D eigenvalue weighted by atomic mass is 10.2. The van der Waals surface area contributed by atoms with E-state index in [2.05, 4.69) is 10.3 Å². The number of sulfonamides is 1. The zero-order valence-electron chi connectivity index (χ0n) is 18.1. The third kappa shape index (κ3) is 4.92. The minimum absolute atomic E-state index is 0.123. The first-order valence-corrected chi connectivity index (χ1v) is 12.0. The number of anilines is 1. The fourth-order valence-corrected chi connectivity index (χ4v) is 5.24. The van der Waals surface area contributed by atoms with Crippen molar-refractivity contribution in [2.24, 2.45) is 7.05 Å². The van der Waals surface area contributed by atoms with Gasteiger partial charge in [0.15, 0.2) is 0 Å². The van der Waals surface area contributed by atoms with Crippen molar-refractivity contribution >= 4 is 44.3 Å². The maximum atomic E-state index is 12.8. The number of nitrogens with one attached hydrogen (secondary N) is 1. The molecule has 2 aromatic carbocycles. The highest BCUT2D eigenvalue weighted by molar-refractivity contribution is 7.89. The van der Waals surface area contributed by atoms with Crippen LogP contribution in [0.15, 0.2) is 41.3 Å². The van der Waals surface area contributed by atoms with Crippen molar-refractivity contribution in [3.8, 4) is 0 Å². The van der Waals surface area contributed by atoms with Crippen molar-refractivity contribution < 1.29 is 13.2 Å². The number of benzene rings is 2. The van der Waals surface area contributed by atoms with Crippen LogP contribution in [0.25, 0.3) is 11.0 Å². The SMILES string of the molecule is CCN(CC)S(=O)(=O)c1ccc2c(c1)nc(CCC(=O)Nc1ccc(Cl)cc1C)n2C. The molecule has 0 fully saturated rings. The van der Waals surface area contributed by atoms with Crippen molar-refractivity contribution in [3.05, 3.63) is 52.8 Å². The molecule has 1 N–H and O–H groups in total. The minimum Gasteiger partial charge on any atom is -0.331 e. The summed E-state index contributed by atoms with van der Waals surface area (Å²) in [6.45, 7) is 6.33. The van der Waals surface area contributed by atoms with E-state index in [1.54, 1.807) is 36.4 Å². The maximum Gasteiger partial charge on any atom is 0.243 e. The molecule has 0 saturated carbocycles. The van der Waals surface area contributed by atoms with Crippen LogP contribution in [-0.2, 0) is 28.3 Å². The molecule has 0 atom stereocenters.